The van der Waals surface area contributed by atoms with Crippen LogP contribution in [-0.4, -0.2) is 22.1 Å². The van der Waals surface area contributed by atoms with Crippen molar-refractivity contribution in [2.75, 3.05) is 12.3 Å². The van der Waals surface area contributed by atoms with Gasteiger partial charge in [-0.1, -0.05) is 13.8 Å². The van der Waals surface area contributed by atoms with Gasteiger partial charge in [-0.05, 0) is 13.8 Å². The van der Waals surface area contributed by atoms with E-state index in [1.165, 1.54) is 0 Å². The standard InChI is InChI=1S/C10H20N4/c1-8(2)12-6-10(3,4)14-5-9(11)13-7-14/h5,7-8,12H,6,11H2,1-4H3. The molecular weight excluding hydrogens is 176 g/mol. The number of aromatic nitrogens is 2. The summed E-state index contributed by atoms with van der Waals surface area (Å²) in [5.74, 6) is 0.572. The average Bonchev–Trinajstić information content (AvgIpc) is 2.49. The largest absolute Gasteiger partial charge is 0.382 e. The van der Waals surface area contributed by atoms with Gasteiger partial charge in [0.05, 0.1) is 11.9 Å². The van der Waals surface area contributed by atoms with Crippen molar-refractivity contribution in [3.63, 3.8) is 0 Å². The second kappa shape index (κ2) is 4.00. The van der Waals surface area contributed by atoms with Crippen molar-refractivity contribution in [1.29, 1.82) is 0 Å². The molecule has 1 heterocycles. The summed E-state index contributed by atoms with van der Waals surface area (Å²) in [6.07, 6.45) is 3.64. The van der Waals surface area contributed by atoms with Crippen LogP contribution in [0.15, 0.2) is 12.5 Å². The SMILES string of the molecule is CC(C)NCC(C)(C)n1cnc(N)c1. The fraction of sp³-hybridized carbons (Fsp3) is 0.700. The van der Waals surface area contributed by atoms with Crippen molar-refractivity contribution in [3.05, 3.63) is 12.5 Å². The van der Waals surface area contributed by atoms with Crippen LogP contribution >= 0.6 is 0 Å². The second-order valence-corrected chi connectivity index (χ2v) is 4.55. The van der Waals surface area contributed by atoms with Crippen LogP contribution in [-0.2, 0) is 5.54 Å². The van der Waals surface area contributed by atoms with Crippen LogP contribution in [0.2, 0.25) is 0 Å². The maximum absolute atomic E-state index is 5.58. The molecule has 4 heteroatoms. The molecule has 1 rings (SSSR count). The molecule has 0 aliphatic carbocycles. The topological polar surface area (TPSA) is 55.9 Å². The van der Waals surface area contributed by atoms with Gasteiger partial charge in [-0.25, -0.2) is 4.98 Å². The Kier molecular flexibility index (Phi) is 3.16. The molecule has 0 fully saturated rings. The Balaban J connectivity index is 2.65. The molecule has 0 amide bonds. The first-order valence-electron chi connectivity index (χ1n) is 4.95. The van der Waals surface area contributed by atoms with Crippen molar-refractivity contribution >= 4 is 5.82 Å². The minimum Gasteiger partial charge on any atom is -0.382 e. The summed E-state index contributed by atoms with van der Waals surface area (Å²) in [5, 5.41) is 3.40. The van der Waals surface area contributed by atoms with Crippen LogP contribution in [0, 0.1) is 0 Å². The number of rotatable bonds is 4. The maximum atomic E-state index is 5.58. The van der Waals surface area contributed by atoms with Gasteiger partial charge in [-0.3, -0.25) is 0 Å². The Morgan fingerprint density at radius 3 is 2.64 bits per heavy atom. The first-order valence-corrected chi connectivity index (χ1v) is 4.95. The molecule has 14 heavy (non-hydrogen) atoms. The highest BCUT2D eigenvalue weighted by molar-refractivity contribution is 5.23. The van der Waals surface area contributed by atoms with E-state index in [4.69, 9.17) is 5.73 Å². The Labute approximate surface area is 85.5 Å². The van der Waals surface area contributed by atoms with E-state index in [0.717, 1.165) is 6.54 Å². The molecule has 0 saturated heterocycles. The number of nitrogens with two attached hydrogens (primary N) is 1. The summed E-state index contributed by atoms with van der Waals surface area (Å²) < 4.78 is 2.04. The lowest BCUT2D eigenvalue weighted by atomic mass is 10.1. The number of imidazole rings is 1. The van der Waals surface area contributed by atoms with E-state index in [0.29, 0.717) is 11.9 Å². The molecule has 0 unspecified atom stereocenters. The fourth-order valence-corrected chi connectivity index (χ4v) is 1.21. The summed E-state index contributed by atoms with van der Waals surface area (Å²) in [5.41, 5.74) is 5.59. The molecule has 80 valence electrons. The maximum Gasteiger partial charge on any atom is 0.141 e. The normalized spacial score (nSPS) is 12.4. The smallest absolute Gasteiger partial charge is 0.141 e. The van der Waals surface area contributed by atoms with Crippen molar-refractivity contribution in [2.24, 2.45) is 0 Å². The van der Waals surface area contributed by atoms with E-state index < -0.39 is 0 Å². The molecule has 1 aromatic heterocycles. The van der Waals surface area contributed by atoms with E-state index in [9.17, 15) is 0 Å². The number of nitrogens with one attached hydrogen (secondary N) is 1. The van der Waals surface area contributed by atoms with E-state index in [2.05, 4.69) is 38.0 Å². The third-order valence-electron chi connectivity index (χ3n) is 2.24. The van der Waals surface area contributed by atoms with Crippen LogP contribution in [0.25, 0.3) is 0 Å². The summed E-state index contributed by atoms with van der Waals surface area (Å²) in [7, 11) is 0. The quantitative estimate of drug-likeness (QED) is 0.760. The lowest BCUT2D eigenvalue weighted by Gasteiger charge is -2.27. The molecule has 0 spiro atoms. The molecule has 0 saturated carbocycles. The lowest BCUT2D eigenvalue weighted by molar-refractivity contribution is 0.321. The van der Waals surface area contributed by atoms with Gasteiger partial charge >= 0.3 is 0 Å². The molecule has 1 aromatic rings. The minimum absolute atomic E-state index is 0.00882. The van der Waals surface area contributed by atoms with Crippen LogP contribution in [0.5, 0.6) is 0 Å². The Morgan fingerprint density at radius 2 is 2.21 bits per heavy atom. The highest BCUT2D eigenvalue weighted by atomic mass is 15.1. The van der Waals surface area contributed by atoms with Crippen LogP contribution in [0.1, 0.15) is 27.7 Å². The van der Waals surface area contributed by atoms with Crippen LogP contribution in [0.4, 0.5) is 5.82 Å². The summed E-state index contributed by atoms with van der Waals surface area (Å²) in [4.78, 5) is 4.02. The fourth-order valence-electron chi connectivity index (χ4n) is 1.21. The Bertz CT molecular complexity index is 288. The number of nitrogens with zero attached hydrogens (tertiary/aromatic N) is 2. The zero-order chi connectivity index (χ0) is 10.8. The van der Waals surface area contributed by atoms with Gasteiger partial charge in [0.2, 0.25) is 0 Å². The van der Waals surface area contributed by atoms with E-state index in [-0.39, 0.29) is 5.54 Å². The van der Waals surface area contributed by atoms with Crippen LogP contribution < -0.4 is 11.1 Å². The van der Waals surface area contributed by atoms with Crippen LogP contribution in [0.3, 0.4) is 0 Å². The van der Waals surface area contributed by atoms with E-state index in [1.54, 1.807) is 6.33 Å². The molecule has 0 aliphatic rings. The second-order valence-electron chi connectivity index (χ2n) is 4.55. The first kappa shape index (κ1) is 11.0. The molecule has 4 nitrogen and oxygen atoms in total. The molecule has 0 atom stereocenters. The molecule has 0 bridgehead atoms. The highest BCUT2D eigenvalue weighted by Gasteiger charge is 2.19. The van der Waals surface area contributed by atoms with Crippen molar-refractivity contribution in [3.8, 4) is 0 Å². The zero-order valence-corrected chi connectivity index (χ0v) is 9.41. The van der Waals surface area contributed by atoms with Gasteiger partial charge in [-0.2, -0.15) is 0 Å². The van der Waals surface area contributed by atoms with Gasteiger partial charge in [0.15, 0.2) is 0 Å². The van der Waals surface area contributed by atoms with Gasteiger partial charge in [-0.15, -0.1) is 0 Å². The zero-order valence-electron chi connectivity index (χ0n) is 9.41. The lowest BCUT2D eigenvalue weighted by Crippen LogP contribution is -2.40. The molecule has 0 radical (unpaired) electrons. The highest BCUT2D eigenvalue weighted by Crippen LogP contribution is 2.15. The van der Waals surface area contributed by atoms with Crippen molar-refractivity contribution in [2.45, 2.75) is 39.3 Å². The molecular formula is C10H20N4. The minimum atomic E-state index is 0.00882. The third-order valence-corrected chi connectivity index (χ3v) is 2.24. The first-order chi connectivity index (χ1) is 6.42. The van der Waals surface area contributed by atoms with E-state index in [1.807, 2.05) is 10.8 Å². The summed E-state index contributed by atoms with van der Waals surface area (Å²) >= 11 is 0. The summed E-state index contributed by atoms with van der Waals surface area (Å²) in [6, 6.07) is 0.496. The monoisotopic (exact) mass is 196 g/mol. The Morgan fingerprint density at radius 1 is 1.57 bits per heavy atom. The molecule has 0 aliphatic heterocycles. The predicted octanol–water partition coefficient (Wildman–Crippen LogP) is 1.20. The predicted molar refractivity (Wildman–Crippen MR) is 59.1 cm³/mol. The number of hydrogen-bond donors (Lipinski definition) is 2. The van der Waals surface area contributed by atoms with Gasteiger partial charge in [0, 0.05) is 18.8 Å². The average molecular weight is 196 g/mol. The third kappa shape index (κ3) is 2.73. The number of anilines is 1. The number of hydrogen-bond acceptors (Lipinski definition) is 3. The van der Waals surface area contributed by atoms with Gasteiger partial charge in [0.25, 0.3) is 0 Å². The van der Waals surface area contributed by atoms with Gasteiger partial charge in [0.1, 0.15) is 5.82 Å². The molecule has 0 aromatic carbocycles. The molecule has 3 N–H and O–H groups in total. The van der Waals surface area contributed by atoms with E-state index >= 15 is 0 Å². The Hall–Kier alpha value is -1.03. The summed E-state index contributed by atoms with van der Waals surface area (Å²) in [6.45, 7) is 9.49. The van der Waals surface area contributed by atoms with Gasteiger partial charge < -0.3 is 15.6 Å². The van der Waals surface area contributed by atoms with Crippen molar-refractivity contribution < 1.29 is 0 Å². The van der Waals surface area contributed by atoms with Crippen molar-refractivity contribution in [1.82, 2.24) is 14.9 Å². The number of nitrogen functional groups attached to an aromatic ring is 1.